The third-order valence-electron chi connectivity index (χ3n) is 6.96. The molecule has 6 rings (SSSR count). The Labute approximate surface area is 208 Å². The summed E-state index contributed by atoms with van der Waals surface area (Å²) in [4.78, 5) is 27.2. The number of carbonyl (C=O) groups excluding carboxylic acids is 1. The number of benzene rings is 2. The standard InChI is InChI=1S/C26H26ClN7O/c1-16-25(35)34(21-9-5-6-18(27)13-21)23-15-28-26(30-19-10-11-22-17(12-19)14-29-32-22)31-24(23)33(16)20-7-3-2-4-8-20/h5-6,9-16,20H,2-4,7-8H2,1H3,(H,29,32)(H,28,30,31)/t16-/m1/s1. The van der Waals surface area contributed by atoms with Crippen LogP contribution in [0.4, 0.5) is 28.8 Å². The molecule has 0 radical (unpaired) electrons. The van der Waals surface area contributed by atoms with Crippen LogP contribution in [0.25, 0.3) is 10.9 Å². The summed E-state index contributed by atoms with van der Waals surface area (Å²) in [5.41, 5.74) is 3.23. The van der Waals surface area contributed by atoms with Gasteiger partial charge < -0.3 is 10.2 Å². The van der Waals surface area contributed by atoms with Crippen molar-refractivity contribution in [3.63, 3.8) is 0 Å². The first-order valence-corrected chi connectivity index (χ1v) is 12.4. The maximum Gasteiger partial charge on any atom is 0.254 e. The Bertz CT molecular complexity index is 1400. The van der Waals surface area contributed by atoms with Crippen LogP contribution >= 0.6 is 11.6 Å². The number of aromatic amines is 1. The van der Waals surface area contributed by atoms with E-state index in [0.717, 1.165) is 48.1 Å². The van der Waals surface area contributed by atoms with Gasteiger partial charge in [-0.05, 0) is 56.2 Å². The predicted molar refractivity (Wildman–Crippen MR) is 139 cm³/mol. The molecule has 0 unspecified atom stereocenters. The highest BCUT2D eigenvalue weighted by Crippen LogP contribution is 2.43. The van der Waals surface area contributed by atoms with Crippen molar-refractivity contribution in [1.82, 2.24) is 20.2 Å². The molecule has 4 aromatic rings. The van der Waals surface area contributed by atoms with Crippen molar-refractivity contribution < 1.29 is 4.79 Å². The molecule has 35 heavy (non-hydrogen) atoms. The number of anilines is 5. The van der Waals surface area contributed by atoms with Crippen LogP contribution in [0, 0.1) is 0 Å². The molecule has 3 heterocycles. The Morgan fingerprint density at radius 1 is 1.09 bits per heavy atom. The molecule has 8 nitrogen and oxygen atoms in total. The molecule has 0 saturated heterocycles. The van der Waals surface area contributed by atoms with Crippen LogP contribution in [0.2, 0.25) is 5.02 Å². The van der Waals surface area contributed by atoms with E-state index in [4.69, 9.17) is 16.6 Å². The van der Waals surface area contributed by atoms with Crippen molar-refractivity contribution in [2.24, 2.45) is 0 Å². The number of amides is 1. The van der Waals surface area contributed by atoms with Gasteiger partial charge in [0, 0.05) is 22.1 Å². The monoisotopic (exact) mass is 487 g/mol. The quantitative estimate of drug-likeness (QED) is 0.369. The highest BCUT2D eigenvalue weighted by molar-refractivity contribution is 6.31. The Morgan fingerprint density at radius 3 is 2.77 bits per heavy atom. The molecule has 1 saturated carbocycles. The number of nitrogens with zero attached hydrogens (tertiary/aromatic N) is 5. The lowest BCUT2D eigenvalue weighted by atomic mass is 9.92. The number of nitrogens with one attached hydrogen (secondary N) is 2. The van der Waals surface area contributed by atoms with Crippen LogP contribution in [0.3, 0.4) is 0 Å². The summed E-state index contributed by atoms with van der Waals surface area (Å²) >= 11 is 6.28. The van der Waals surface area contributed by atoms with E-state index in [1.807, 2.05) is 37.3 Å². The van der Waals surface area contributed by atoms with Crippen molar-refractivity contribution in [3.05, 3.63) is 59.9 Å². The smallest absolute Gasteiger partial charge is 0.254 e. The zero-order chi connectivity index (χ0) is 23.9. The van der Waals surface area contributed by atoms with Crippen LogP contribution in [0.15, 0.2) is 54.9 Å². The minimum Gasteiger partial charge on any atom is -0.340 e. The van der Waals surface area contributed by atoms with Gasteiger partial charge in [0.1, 0.15) is 11.7 Å². The molecule has 0 spiro atoms. The van der Waals surface area contributed by atoms with Gasteiger partial charge in [-0.15, -0.1) is 0 Å². The fourth-order valence-electron chi connectivity index (χ4n) is 5.26. The van der Waals surface area contributed by atoms with E-state index in [2.05, 4.69) is 25.4 Å². The summed E-state index contributed by atoms with van der Waals surface area (Å²) in [7, 11) is 0. The van der Waals surface area contributed by atoms with E-state index < -0.39 is 0 Å². The molecule has 2 aliphatic rings. The highest BCUT2D eigenvalue weighted by atomic mass is 35.5. The second-order valence-electron chi connectivity index (χ2n) is 9.23. The Hall–Kier alpha value is -3.65. The molecule has 1 aliphatic carbocycles. The van der Waals surface area contributed by atoms with Gasteiger partial charge in [-0.25, -0.2) is 4.98 Å². The summed E-state index contributed by atoms with van der Waals surface area (Å²) in [5, 5.41) is 12.0. The zero-order valence-corrected chi connectivity index (χ0v) is 20.2. The summed E-state index contributed by atoms with van der Waals surface area (Å²) in [6.45, 7) is 1.97. The van der Waals surface area contributed by atoms with Crippen LogP contribution in [0.5, 0.6) is 0 Å². The van der Waals surface area contributed by atoms with Crippen LogP contribution in [-0.2, 0) is 4.79 Å². The van der Waals surface area contributed by atoms with Crippen LogP contribution in [0.1, 0.15) is 39.0 Å². The van der Waals surface area contributed by atoms with Crippen LogP contribution in [-0.4, -0.2) is 38.2 Å². The maximum atomic E-state index is 13.7. The lowest BCUT2D eigenvalue weighted by Crippen LogP contribution is -2.55. The van der Waals surface area contributed by atoms with Gasteiger partial charge in [0.2, 0.25) is 5.95 Å². The molecule has 1 aliphatic heterocycles. The van der Waals surface area contributed by atoms with E-state index in [1.54, 1.807) is 29.4 Å². The predicted octanol–water partition coefficient (Wildman–Crippen LogP) is 5.96. The molecule has 1 atom stereocenters. The normalized spacial score (nSPS) is 18.7. The molecule has 0 bridgehead atoms. The summed E-state index contributed by atoms with van der Waals surface area (Å²) in [6.07, 6.45) is 9.20. The number of hydrogen-bond acceptors (Lipinski definition) is 6. The van der Waals surface area contributed by atoms with E-state index in [-0.39, 0.29) is 18.0 Å². The molecular weight excluding hydrogens is 462 g/mol. The minimum absolute atomic E-state index is 0.0000543. The van der Waals surface area contributed by atoms with E-state index >= 15 is 0 Å². The molecule has 1 amide bonds. The third kappa shape index (κ3) is 3.97. The van der Waals surface area contributed by atoms with Gasteiger partial charge in [0.15, 0.2) is 5.82 Å². The number of halogens is 1. The lowest BCUT2D eigenvalue weighted by molar-refractivity contribution is -0.119. The number of rotatable bonds is 4. The summed E-state index contributed by atoms with van der Waals surface area (Å²) < 4.78 is 0. The van der Waals surface area contributed by atoms with Crippen molar-refractivity contribution in [2.75, 3.05) is 15.1 Å². The largest absolute Gasteiger partial charge is 0.340 e. The van der Waals surface area contributed by atoms with Gasteiger partial charge in [-0.2, -0.15) is 10.1 Å². The fraction of sp³-hybridized carbons (Fsp3) is 0.308. The number of hydrogen-bond donors (Lipinski definition) is 2. The van der Waals surface area contributed by atoms with Gasteiger partial charge in [-0.3, -0.25) is 14.8 Å². The Morgan fingerprint density at radius 2 is 1.94 bits per heavy atom. The molecular formula is C26H26ClN7O. The molecule has 1 fully saturated rings. The lowest BCUT2D eigenvalue weighted by Gasteiger charge is -2.45. The van der Waals surface area contributed by atoms with Gasteiger partial charge in [-0.1, -0.05) is 36.9 Å². The van der Waals surface area contributed by atoms with Gasteiger partial charge in [0.25, 0.3) is 5.91 Å². The average molecular weight is 488 g/mol. The second-order valence-corrected chi connectivity index (χ2v) is 9.66. The molecule has 2 aromatic heterocycles. The number of H-pyrrole nitrogens is 1. The Kier molecular flexibility index (Phi) is 5.53. The van der Waals surface area contributed by atoms with Crippen molar-refractivity contribution in [3.8, 4) is 0 Å². The van der Waals surface area contributed by atoms with Crippen molar-refractivity contribution in [2.45, 2.75) is 51.1 Å². The Balaban J connectivity index is 1.43. The fourth-order valence-corrected chi connectivity index (χ4v) is 5.45. The first-order valence-electron chi connectivity index (χ1n) is 12.0. The number of carbonyl (C=O) groups is 1. The number of aromatic nitrogens is 4. The third-order valence-corrected chi connectivity index (χ3v) is 7.20. The van der Waals surface area contributed by atoms with Crippen molar-refractivity contribution >= 4 is 57.2 Å². The summed E-state index contributed by atoms with van der Waals surface area (Å²) in [6, 6.07) is 13.2. The zero-order valence-electron chi connectivity index (χ0n) is 19.4. The van der Waals surface area contributed by atoms with Gasteiger partial charge in [0.05, 0.1) is 23.6 Å². The topological polar surface area (TPSA) is 90.0 Å². The molecule has 9 heteroatoms. The van der Waals surface area contributed by atoms with Crippen molar-refractivity contribution in [1.29, 1.82) is 0 Å². The maximum absolute atomic E-state index is 13.7. The summed E-state index contributed by atoms with van der Waals surface area (Å²) in [5.74, 6) is 1.26. The number of fused-ring (bicyclic) bond motifs is 2. The molecule has 2 N–H and O–H groups in total. The minimum atomic E-state index is -0.352. The first-order chi connectivity index (χ1) is 17.1. The van der Waals surface area contributed by atoms with E-state index in [1.165, 1.54) is 6.42 Å². The highest BCUT2D eigenvalue weighted by Gasteiger charge is 2.41. The molecule has 2 aromatic carbocycles. The van der Waals surface area contributed by atoms with Crippen LogP contribution < -0.4 is 15.1 Å². The average Bonchev–Trinajstić information content (AvgIpc) is 3.34. The van der Waals surface area contributed by atoms with E-state index in [9.17, 15) is 4.79 Å². The SMILES string of the molecule is C[C@@H]1C(=O)N(c2cccc(Cl)c2)c2cnc(Nc3ccc4[nH]ncc4c3)nc2N1C1CCCCC1. The molecule has 178 valence electrons. The second kappa shape index (κ2) is 8.85. The van der Waals surface area contributed by atoms with E-state index in [0.29, 0.717) is 22.3 Å². The first kappa shape index (κ1) is 21.9. The van der Waals surface area contributed by atoms with Gasteiger partial charge >= 0.3 is 0 Å².